The molecule has 3 aromatic heterocycles. The average Bonchev–Trinajstić information content (AvgIpc) is 3.30. The van der Waals surface area contributed by atoms with Gasteiger partial charge in [0.05, 0.1) is 5.92 Å². The topological polar surface area (TPSA) is 96.2 Å². The molecule has 10 nitrogen and oxygen atoms in total. The first-order valence-electron chi connectivity index (χ1n) is 11.1. The third-order valence-electron chi connectivity index (χ3n) is 6.23. The van der Waals surface area contributed by atoms with Crippen molar-refractivity contribution >= 4 is 17.7 Å². The Labute approximate surface area is 186 Å². The van der Waals surface area contributed by atoms with Crippen LogP contribution in [0.1, 0.15) is 18.7 Å². The molecule has 5 rings (SSSR count). The summed E-state index contributed by atoms with van der Waals surface area (Å²) in [6.45, 7) is 6.42. The number of hydrogen-bond donors (Lipinski definition) is 0. The fourth-order valence-electron chi connectivity index (χ4n) is 4.46. The maximum Gasteiger partial charge on any atom is 0.227 e. The van der Waals surface area contributed by atoms with Crippen molar-refractivity contribution in [3.8, 4) is 5.82 Å². The third kappa shape index (κ3) is 4.12. The van der Waals surface area contributed by atoms with Crippen LogP contribution >= 0.6 is 0 Å². The summed E-state index contributed by atoms with van der Waals surface area (Å²) in [6.07, 6.45) is 9.01. The molecule has 2 aliphatic rings. The van der Waals surface area contributed by atoms with Crippen LogP contribution in [0.2, 0.25) is 0 Å². The molecule has 1 atom stereocenters. The number of amides is 1. The molecule has 3 aromatic rings. The van der Waals surface area contributed by atoms with Crippen molar-refractivity contribution in [3.05, 3.63) is 48.8 Å². The molecule has 0 aromatic carbocycles. The van der Waals surface area contributed by atoms with Crippen LogP contribution in [-0.4, -0.2) is 79.8 Å². The quantitative estimate of drug-likeness (QED) is 0.608. The summed E-state index contributed by atoms with van der Waals surface area (Å²) in [5, 5.41) is 8.80. The number of rotatable bonds is 4. The normalized spacial score (nSPS) is 19.3. The van der Waals surface area contributed by atoms with Crippen LogP contribution in [0.3, 0.4) is 0 Å². The van der Waals surface area contributed by atoms with Gasteiger partial charge in [-0.1, -0.05) is 0 Å². The van der Waals surface area contributed by atoms with Crippen LogP contribution in [0.15, 0.2) is 43.0 Å². The molecule has 5 heterocycles. The smallest absolute Gasteiger partial charge is 0.227 e. The van der Waals surface area contributed by atoms with Gasteiger partial charge >= 0.3 is 0 Å². The van der Waals surface area contributed by atoms with Crippen LogP contribution in [0.5, 0.6) is 0 Å². The van der Waals surface area contributed by atoms with Gasteiger partial charge in [-0.15, -0.1) is 10.2 Å². The highest BCUT2D eigenvalue weighted by Gasteiger charge is 2.32. The number of hydrogen-bond acceptors (Lipinski definition) is 8. The van der Waals surface area contributed by atoms with Gasteiger partial charge in [0.25, 0.3) is 0 Å². The Hall–Kier alpha value is -3.56. The summed E-state index contributed by atoms with van der Waals surface area (Å²) in [7, 11) is 0. The van der Waals surface area contributed by atoms with E-state index in [2.05, 4.69) is 34.9 Å². The second kappa shape index (κ2) is 8.89. The second-order valence-corrected chi connectivity index (χ2v) is 8.24. The van der Waals surface area contributed by atoms with Gasteiger partial charge in [-0.25, -0.2) is 15.0 Å². The summed E-state index contributed by atoms with van der Waals surface area (Å²) in [5.41, 5.74) is 0. The second-order valence-electron chi connectivity index (χ2n) is 8.24. The number of aryl methyl sites for hydroxylation is 1. The molecule has 166 valence electrons. The minimum Gasteiger partial charge on any atom is -0.354 e. The van der Waals surface area contributed by atoms with Crippen LogP contribution < -0.4 is 9.80 Å². The molecule has 0 bridgehead atoms. The predicted octanol–water partition coefficient (Wildman–Crippen LogP) is 1.33. The van der Waals surface area contributed by atoms with Crippen LogP contribution in [0.25, 0.3) is 5.82 Å². The number of anilines is 2. The van der Waals surface area contributed by atoms with E-state index >= 15 is 0 Å². The zero-order chi connectivity index (χ0) is 21.9. The van der Waals surface area contributed by atoms with Crippen molar-refractivity contribution in [2.24, 2.45) is 5.92 Å². The Morgan fingerprint density at radius 2 is 1.66 bits per heavy atom. The molecule has 0 radical (unpaired) electrons. The number of imidazole rings is 1. The Morgan fingerprint density at radius 3 is 2.34 bits per heavy atom. The summed E-state index contributed by atoms with van der Waals surface area (Å²) >= 11 is 0. The summed E-state index contributed by atoms with van der Waals surface area (Å²) in [4.78, 5) is 32.4. The third-order valence-corrected chi connectivity index (χ3v) is 6.23. The lowest BCUT2D eigenvalue weighted by atomic mass is 9.96. The van der Waals surface area contributed by atoms with Crippen molar-refractivity contribution in [1.82, 2.24) is 34.6 Å². The summed E-state index contributed by atoms with van der Waals surface area (Å²) in [6, 6.07) is 5.75. The first kappa shape index (κ1) is 20.3. The fraction of sp³-hybridized carbons (Fsp3) is 0.455. The number of nitrogens with zero attached hydrogens (tertiary/aromatic N) is 9. The van der Waals surface area contributed by atoms with Gasteiger partial charge in [-0.05, 0) is 38.0 Å². The number of aromatic nitrogens is 6. The van der Waals surface area contributed by atoms with Gasteiger partial charge in [0.15, 0.2) is 11.6 Å². The minimum absolute atomic E-state index is 0.0133. The van der Waals surface area contributed by atoms with Crippen molar-refractivity contribution in [2.45, 2.75) is 19.8 Å². The maximum atomic E-state index is 13.2. The van der Waals surface area contributed by atoms with E-state index in [-0.39, 0.29) is 11.8 Å². The van der Waals surface area contributed by atoms with E-state index in [9.17, 15) is 4.79 Å². The Morgan fingerprint density at radius 1 is 0.906 bits per heavy atom. The SMILES string of the molecule is Cc1nccn1-c1ccc(N2CCCC(C(=O)N3CCN(c4ncccn4)CC3)C2)nn1. The fourth-order valence-corrected chi connectivity index (χ4v) is 4.46. The molecule has 1 unspecified atom stereocenters. The number of carbonyl (C=O) groups excluding carboxylic acids is 1. The van der Waals surface area contributed by atoms with Crippen LogP contribution in [-0.2, 0) is 4.79 Å². The highest BCUT2D eigenvalue weighted by molar-refractivity contribution is 5.80. The molecule has 0 spiro atoms. The highest BCUT2D eigenvalue weighted by atomic mass is 16.2. The molecule has 0 N–H and O–H groups in total. The number of piperidine rings is 1. The molecule has 0 saturated carbocycles. The van der Waals surface area contributed by atoms with E-state index in [0.29, 0.717) is 19.6 Å². The van der Waals surface area contributed by atoms with Crippen molar-refractivity contribution in [2.75, 3.05) is 49.1 Å². The van der Waals surface area contributed by atoms with E-state index in [4.69, 9.17) is 0 Å². The lowest BCUT2D eigenvalue weighted by molar-refractivity contribution is -0.136. The Bertz CT molecular complexity index is 1040. The molecular weight excluding hydrogens is 406 g/mol. The summed E-state index contributed by atoms with van der Waals surface area (Å²) < 4.78 is 1.90. The summed E-state index contributed by atoms with van der Waals surface area (Å²) in [5.74, 6) is 3.39. The molecular formula is C22H27N9O. The largest absolute Gasteiger partial charge is 0.354 e. The first-order valence-corrected chi connectivity index (χ1v) is 11.1. The van der Waals surface area contributed by atoms with Gasteiger partial charge in [-0.2, -0.15) is 0 Å². The van der Waals surface area contributed by atoms with Crippen molar-refractivity contribution < 1.29 is 4.79 Å². The standard InChI is InChI=1S/C22H27N9O/c1-17-23-9-11-31(17)20-6-5-19(26-27-20)30-10-2-4-18(16-30)21(32)28-12-14-29(15-13-28)22-24-7-3-8-25-22/h3,5-9,11,18H,2,4,10,12-16H2,1H3. The minimum atomic E-state index is -0.0133. The van der Waals surface area contributed by atoms with Gasteiger partial charge in [0.2, 0.25) is 11.9 Å². The first-order chi connectivity index (χ1) is 15.7. The van der Waals surface area contributed by atoms with E-state index in [1.807, 2.05) is 40.8 Å². The van der Waals surface area contributed by atoms with Crippen molar-refractivity contribution in [1.29, 1.82) is 0 Å². The van der Waals surface area contributed by atoms with E-state index in [0.717, 1.165) is 55.9 Å². The van der Waals surface area contributed by atoms with Gasteiger partial charge in [0.1, 0.15) is 5.82 Å². The molecule has 2 aliphatic heterocycles. The van der Waals surface area contributed by atoms with E-state index in [1.54, 1.807) is 18.6 Å². The molecule has 10 heteroatoms. The predicted molar refractivity (Wildman–Crippen MR) is 120 cm³/mol. The zero-order valence-corrected chi connectivity index (χ0v) is 18.2. The maximum absolute atomic E-state index is 13.2. The molecule has 2 fully saturated rings. The lowest BCUT2D eigenvalue weighted by Crippen LogP contribution is -2.53. The van der Waals surface area contributed by atoms with Gasteiger partial charge in [-0.3, -0.25) is 9.36 Å². The van der Waals surface area contributed by atoms with Crippen LogP contribution in [0, 0.1) is 12.8 Å². The monoisotopic (exact) mass is 433 g/mol. The zero-order valence-electron chi connectivity index (χ0n) is 18.2. The van der Waals surface area contributed by atoms with Crippen molar-refractivity contribution in [3.63, 3.8) is 0 Å². The Kier molecular flexibility index (Phi) is 5.66. The molecule has 32 heavy (non-hydrogen) atoms. The van der Waals surface area contributed by atoms with Gasteiger partial charge in [0, 0.05) is 64.1 Å². The van der Waals surface area contributed by atoms with E-state index in [1.165, 1.54) is 0 Å². The molecule has 2 saturated heterocycles. The van der Waals surface area contributed by atoms with Gasteiger partial charge < -0.3 is 14.7 Å². The average molecular weight is 434 g/mol. The van der Waals surface area contributed by atoms with Crippen LogP contribution in [0.4, 0.5) is 11.8 Å². The lowest BCUT2D eigenvalue weighted by Gasteiger charge is -2.39. The highest BCUT2D eigenvalue weighted by Crippen LogP contribution is 2.24. The Balaban J connectivity index is 1.20. The number of piperazine rings is 1. The number of carbonyl (C=O) groups is 1. The van der Waals surface area contributed by atoms with E-state index < -0.39 is 0 Å². The molecule has 1 amide bonds. The molecule has 0 aliphatic carbocycles.